The summed E-state index contributed by atoms with van der Waals surface area (Å²) in [7, 11) is 0. The summed E-state index contributed by atoms with van der Waals surface area (Å²) in [5, 5.41) is 0. The summed E-state index contributed by atoms with van der Waals surface area (Å²) in [5.74, 6) is 0. The lowest BCUT2D eigenvalue weighted by atomic mass is 10.2. The Morgan fingerprint density at radius 3 is 2.36 bits per heavy atom. The van der Waals surface area contributed by atoms with Crippen molar-refractivity contribution in [3.8, 4) is 0 Å². The van der Waals surface area contributed by atoms with Gasteiger partial charge in [0.2, 0.25) is 0 Å². The molecule has 0 fully saturated rings. The predicted octanol–water partition coefficient (Wildman–Crippen LogP) is 2.63. The van der Waals surface area contributed by atoms with E-state index < -0.39 is 0 Å². The number of rotatable bonds is 2. The topological polar surface area (TPSA) is 3.88 Å². The average molecular weight is 301 g/mol. The van der Waals surface area contributed by atoms with Crippen LogP contribution < -0.4 is 4.57 Å². The van der Waals surface area contributed by atoms with Gasteiger partial charge in [0.25, 0.3) is 0 Å². The Balaban J connectivity index is 2.48. The van der Waals surface area contributed by atoms with E-state index in [9.17, 15) is 0 Å². The highest BCUT2D eigenvalue weighted by atomic mass is 127. The molecular weight excluding hydrogens is 285 g/mol. The van der Waals surface area contributed by atoms with Crippen LogP contribution in [0, 0.1) is 3.57 Å². The van der Waals surface area contributed by atoms with Crippen molar-refractivity contribution >= 4 is 22.6 Å². The fraction of sp³-hybridized carbons (Fsp3) is 0.0833. The largest absolute Gasteiger partial charge is 0.201 e. The van der Waals surface area contributed by atoms with E-state index in [1.165, 1.54) is 4.57 Å². The molecular formula is C12H11IN+. The van der Waals surface area contributed by atoms with Gasteiger partial charge in [-0.1, -0.05) is 18.2 Å². The molecule has 0 N–H and O–H groups in total. The minimum Gasteiger partial charge on any atom is -0.201 e. The predicted molar refractivity (Wildman–Crippen MR) is 64.9 cm³/mol. The SMILES string of the molecule is [2H]c1c([2H])c([2H])[n+](Cc2ccc(I)cc2)c([2H])c1[2H]. The lowest BCUT2D eigenvalue weighted by molar-refractivity contribution is -0.688. The van der Waals surface area contributed by atoms with Crippen molar-refractivity contribution in [1.29, 1.82) is 0 Å². The van der Waals surface area contributed by atoms with E-state index in [1.54, 1.807) is 0 Å². The summed E-state index contributed by atoms with van der Waals surface area (Å²) in [6, 6.07) is 6.62. The van der Waals surface area contributed by atoms with E-state index >= 15 is 0 Å². The van der Waals surface area contributed by atoms with Gasteiger partial charge in [0, 0.05) is 21.2 Å². The van der Waals surface area contributed by atoms with Crippen LogP contribution >= 0.6 is 22.6 Å². The summed E-state index contributed by atoms with van der Waals surface area (Å²) >= 11 is 2.19. The Hall–Kier alpha value is -0.900. The van der Waals surface area contributed by atoms with E-state index in [0.717, 1.165) is 9.13 Å². The minimum absolute atomic E-state index is 0.204. The van der Waals surface area contributed by atoms with Crippen LogP contribution in [0.4, 0.5) is 0 Å². The van der Waals surface area contributed by atoms with Crippen LogP contribution in [-0.2, 0) is 6.54 Å². The van der Waals surface area contributed by atoms with Crippen molar-refractivity contribution in [3.05, 3.63) is 63.9 Å². The van der Waals surface area contributed by atoms with Gasteiger partial charge in [-0.3, -0.25) is 0 Å². The summed E-state index contributed by atoms with van der Waals surface area (Å²) in [6.45, 7) is 0.257. The minimum atomic E-state index is -0.367. The van der Waals surface area contributed by atoms with Gasteiger partial charge < -0.3 is 0 Å². The molecule has 0 radical (unpaired) electrons. The molecule has 0 saturated heterocycles. The van der Waals surface area contributed by atoms with Gasteiger partial charge in [0.15, 0.2) is 18.9 Å². The molecule has 1 heterocycles. The van der Waals surface area contributed by atoms with Gasteiger partial charge in [0.05, 0.1) is 4.11 Å². The first-order valence-electron chi connectivity index (χ1n) is 6.63. The van der Waals surface area contributed by atoms with Crippen LogP contribution in [0.25, 0.3) is 0 Å². The maximum atomic E-state index is 7.82. The lowest BCUT2D eigenvalue weighted by Crippen LogP contribution is -2.32. The monoisotopic (exact) mass is 301 g/mol. The molecule has 70 valence electrons. The summed E-state index contributed by atoms with van der Waals surface area (Å²) < 4.78 is 40.7. The zero-order valence-electron chi connectivity index (χ0n) is 12.3. The number of hydrogen-bond donors (Lipinski definition) is 0. The van der Waals surface area contributed by atoms with Gasteiger partial charge in [-0.05, 0) is 34.7 Å². The van der Waals surface area contributed by atoms with Crippen LogP contribution in [0.15, 0.2) is 54.7 Å². The van der Waals surface area contributed by atoms with Gasteiger partial charge in [-0.2, -0.15) is 0 Å². The van der Waals surface area contributed by atoms with E-state index in [1.807, 2.05) is 24.3 Å². The van der Waals surface area contributed by atoms with E-state index in [4.69, 9.17) is 6.85 Å². The number of nitrogens with zero attached hydrogens (tertiary/aromatic N) is 1. The fourth-order valence-corrected chi connectivity index (χ4v) is 1.46. The first-order valence-corrected chi connectivity index (χ1v) is 5.21. The number of halogens is 1. The van der Waals surface area contributed by atoms with Crippen molar-refractivity contribution < 1.29 is 11.4 Å². The van der Waals surface area contributed by atoms with Gasteiger partial charge >= 0.3 is 0 Å². The Morgan fingerprint density at radius 2 is 1.71 bits per heavy atom. The molecule has 2 aromatic rings. The van der Waals surface area contributed by atoms with Crippen molar-refractivity contribution in [1.82, 2.24) is 0 Å². The van der Waals surface area contributed by atoms with Crippen LogP contribution in [0.5, 0.6) is 0 Å². The lowest BCUT2D eigenvalue weighted by Gasteiger charge is -1.97. The molecule has 1 nitrogen and oxygen atoms in total. The Labute approximate surface area is 105 Å². The third-order valence-corrected chi connectivity index (χ3v) is 2.48. The maximum absolute atomic E-state index is 7.82. The van der Waals surface area contributed by atoms with Gasteiger partial charge in [-0.15, -0.1) is 0 Å². The average Bonchev–Trinajstić information content (AvgIpc) is 2.41. The Kier molecular flexibility index (Phi) is 1.71. The number of hydrogen-bond acceptors (Lipinski definition) is 0. The van der Waals surface area contributed by atoms with Crippen molar-refractivity contribution in [2.75, 3.05) is 0 Å². The van der Waals surface area contributed by atoms with Gasteiger partial charge in [0.1, 0.15) is 2.74 Å². The normalized spacial score (nSPS) is 15.1. The smallest absolute Gasteiger partial charge is 0.173 e. The molecule has 0 bridgehead atoms. The molecule has 0 aliphatic rings. The zero-order chi connectivity index (χ0) is 14.2. The third-order valence-electron chi connectivity index (χ3n) is 1.76. The molecule has 1 aromatic heterocycles. The Bertz CT molecular complexity index is 598. The molecule has 0 spiro atoms. The summed E-state index contributed by atoms with van der Waals surface area (Å²) in [6.07, 6.45) is -0.408. The van der Waals surface area contributed by atoms with Crippen LogP contribution in [0.1, 0.15) is 12.4 Å². The van der Waals surface area contributed by atoms with E-state index in [0.29, 0.717) is 0 Å². The van der Waals surface area contributed by atoms with E-state index in [2.05, 4.69) is 22.6 Å². The third kappa shape index (κ3) is 2.54. The fourth-order valence-electron chi connectivity index (χ4n) is 1.10. The van der Waals surface area contributed by atoms with E-state index in [-0.39, 0.29) is 37.0 Å². The van der Waals surface area contributed by atoms with Crippen molar-refractivity contribution in [2.24, 2.45) is 0 Å². The zero-order valence-corrected chi connectivity index (χ0v) is 9.50. The first kappa shape index (κ1) is 5.26. The highest BCUT2D eigenvalue weighted by Gasteiger charge is 1.99. The summed E-state index contributed by atoms with van der Waals surface area (Å²) in [5.41, 5.74) is 0.893. The van der Waals surface area contributed by atoms with Crippen molar-refractivity contribution in [3.63, 3.8) is 0 Å². The molecule has 0 saturated carbocycles. The molecule has 0 aliphatic heterocycles. The number of pyridine rings is 1. The first-order chi connectivity index (χ1) is 8.91. The highest BCUT2D eigenvalue weighted by Crippen LogP contribution is 2.06. The van der Waals surface area contributed by atoms with Crippen LogP contribution in [0.2, 0.25) is 0 Å². The molecule has 2 heteroatoms. The molecule has 14 heavy (non-hydrogen) atoms. The van der Waals surface area contributed by atoms with Crippen LogP contribution in [0.3, 0.4) is 0 Å². The van der Waals surface area contributed by atoms with Crippen molar-refractivity contribution in [2.45, 2.75) is 6.54 Å². The van der Waals surface area contributed by atoms with Gasteiger partial charge in [-0.25, -0.2) is 4.57 Å². The molecule has 0 atom stereocenters. The second-order valence-corrected chi connectivity index (χ2v) is 4.06. The maximum Gasteiger partial charge on any atom is 0.173 e. The molecule has 1 aromatic carbocycles. The molecule has 2 rings (SSSR count). The molecule has 0 unspecified atom stereocenters. The molecule has 0 aliphatic carbocycles. The van der Waals surface area contributed by atoms with Crippen LogP contribution in [-0.4, -0.2) is 0 Å². The number of benzene rings is 1. The molecule has 0 amide bonds. The number of aromatic nitrogens is 1. The second kappa shape index (κ2) is 4.55. The Morgan fingerprint density at radius 1 is 1.07 bits per heavy atom. The highest BCUT2D eigenvalue weighted by molar-refractivity contribution is 14.1. The second-order valence-electron chi connectivity index (χ2n) is 2.81. The standard InChI is InChI=1S/C12H11IN/c13-12-6-4-11(5-7-12)10-14-8-2-1-3-9-14/h1-9H,10H2/q+1/i1D,2D,3D,8D,9D. The quantitative estimate of drug-likeness (QED) is 0.593. The summed E-state index contributed by atoms with van der Waals surface area (Å²) in [4.78, 5) is 0.